The highest BCUT2D eigenvalue weighted by atomic mass is 32.2. The van der Waals surface area contributed by atoms with E-state index in [2.05, 4.69) is 0 Å². The quantitative estimate of drug-likeness (QED) is 0.765. The van der Waals surface area contributed by atoms with Crippen molar-refractivity contribution >= 4 is 15.6 Å². The highest BCUT2D eigenvalue weighted by Gasteiger charge is 2.20. The molecule has 0 spiro atoms. The summed E-state index contributed by atoms with van der Waals surface area (Å²) in [6.45, 7) is 1.34. The lowest BCUT2D eigenvalue weighted by atomic mass is 10.2. The van der Waals surface area contributed by atoms with Gasteiger partial charge in [-0.25, -0.2) is 17.2 Å². The van der Waals surface area contributed by atoms with Gasteiger partial charge in [-0.2, -0.15) is 0 Å². The highest BCUT2D eigenvalue weighted by molar-refractivity contribution is 7.91. The number of rotatable bonds is 4. The molecule has 0 aliphatic carbocycles. The molecule has 0 heterocycles. The molecule has 88 valence electrons. The van der Waals surface area contributed by atoms with E-state index >= 15 is 0 Å². The fourth-order valence-corrected chi connectivity index (χ4v) is 2.23. The number of benzene rings is 1. The average molecular weight is 248 g/mol. The van der Waals surface area contributed by atoms with Gasteiger partial charge in [0.15, 0.2) is 15.6 Å². The van der Waals surface area contributed by atoms with Crippen LogP contribution in [0.1, 0.15) is 17.3 Å². The minimum absolute atomic E-state index is 0.196. The third-order valence-electron chi connectivity index (χ3n) is 1.97. The summed E-state index contributed by atoms with van der Waals surface area (Å²) in [5, 5.41) is 0. The number of carbonyl (C=O) groups excluding carboxylic acids is 1. The third kappa shape index (κ3) is 3.10. The summed E-state index contributed by atoms with van der Waals surface area (Å²) in [6, 6.07) is 4.93. The molecule has 0 amide bonds. The van der Waals surface area contributed by atoms with Crippen molar-refractivity contribution in [3.05, 3.63) is 29.8 Å². The fraction of sp³-hybridized carbons (Fsp3) is 0.300. The lowest BCUT2D eigenvalue weighted by molar-refractivity contribution is 0.101. The first-order valence-electron chi connectivity index (χ1n) is 4.45. The standard InChI is InChI=1S/C10H10F2O3S/c1-7(13)8-2-4-9(5-3-8)16(14,15)6-10(11)12/h2-5,10H,6H2,1H3. The molecule has 0 saturated carbocycles. The number of ketones is 1. The molecule has 1 aromatic rings. The zero-order valence-corrected chi connectivity index (χ0v) is 9.30. The minimum Gasteiger partial charge on any atom is -0.295 e. The normalized spacial score (nSPS) is 11.8. The van der Waals surface area contributed by atoms with Crippen LogP contribution in [0, 0.1) is 0 Å². The van der Waals surface area contributed by atoms with Crippen molar-refractivity contribution in [1.82, 2.24) is 0 Å². The van der Waals surface area contributed by atoms with Gasteiger partial charge in [0.05, 0.1) is 4.90 Å². The van der Waals surface area contributed by atoms with Gasteiger partial charge in [-0.3, -0.25) is 4.79 Å². The molecule has 3 nitrogen and oxygen atoms in total. The summed E-state index contributed by atoms with van der Waals surface area (Å²) in [6.07, 6.45) is -2.91. The fourth-order valence-electron chi connectivity index (χ4n) is 1.16. The number of sulfone groups is 1. The first-order valence-corrected chi connectivity index (χ1v) is 6.10. The Morgan fingerprint density at radius 2 is 1.75 bits per heavy atom. The van der Waals surface area contributed by atoms with Gasteiger partial charge >= 0.3 is 0 Å². The number of halogens is 2. The molecule has 0 saturated heterocycles. The Morgan fingerprint density at radius 3 is 2.12 bits per heavy atom. The number of alkyl halides is 2. The molecule has 16 heavy (non-hydrogen) atoms. The van der Waals surface area contributed by atoms with Crippen molar-refractivity contribution in [2.24, 2.45) is 0 Å². The van der Waals surface area contributed by atoms with Crippen molar-refractivity contribution in [2.75, 3.05) is 5.75 Å². The van der Waals surface area contributed by atoms with E-state index < -0.39 is 22.0 Å². The minimum atomic E-state index is -3.96. The Hall–Kier alpha value is -1.30. The van der Waals surface area contributed by atoms with Crippen LogP contribution < -0.4 is 0 Å². The molecule has 1 aromatic carbocycles. The van der Waals surface area contributed by atoms with Crippen LogP contribution in [-0.4, -0.2) is 26.4 Å². The summed E-state index contributed by atoms with van der Waals surface area (Å²) in [5.74, 6) is -1.41. The Labute approximate surface area is 92.0 Å². The SMILES string of the molecule is CC(=O)c1ccc(S(=O)(=O)CC(F)F)cc1. The van der Waals surface area contributed by atoms with Crippen molar-refractivity contribution in [1.29, 1.82) is 0 Å². The van der Waals surface area contributed by atoms with Crippen LogP contribution in [-0.2, 0) is 9.84 Å². The Balaban J connectivity index is 3.02. The smallest absolute Gasteiger partial charge is 0.252 e. The second kappa shape index (κ2) is 4.69. The number of hydrogen-bond donors (Lipinski definition) is 0. The second-order valence-corrected chi connectivity index (χ2v) is 5.29. The van der Waals surface area contributed by atoms with Crippen molar-refractivity contribution < 1.29 is 22.0 Å². The first kappa shape index (κ1) is 12.8. The van der Waals surface area contributed by atoms with Crippen LogP contribution in [0.15, 0.2) is 29.2 Å². The van der Waals surface area contributed by atoms with Crippen LogP contribution in [0.4, 0.5) is 8.78 Å². The molecule has 0 bridgehead atoms. The van der Waals surface area contributed by atoms with E-state index in [1.165, 1.54) is 19.1 Å². The Bertz CT molecular complexity index is 477. The van der Waals surface area contributed by atoms with Crippen LogP contribution in [0.2, 0.25) is 0 Å². The van der Waals surface area contributed by atoms with Crippen LogP contribution in [0.25, 0.3) is 0 Å². The molecule has 0 aliphatic heterocycles. The average Bonchev–Trinajstić information content (AvgIpc) is 2.16. The van der Waals surface area contributed by atoms with E-state index in [1.807, 2.05) is 0 Å². The second-order valence-electron chi connectivity index (χ2n) is 3.25. The number of hydrogen-bond acceptors (Lipinski definition) is 3. The summed E-state index contributed by atoms with van der Waals surface area (Å²) < 4.78 is 46.7. The Morgan fingerprint density at radius 1 is 1.25 bits per heavy atom. The summed E-state index contributed by atoms with van der Waals surface area (Å²) >= 11 is 0. The largest absolute Gasteiger partial charge is 0.295 e. The van der Waals surface area contributed by atoms with E-state index in [-0.39, 0.29) is 10.7 Å². The molecule has 0 unspecified atom stereocenters. The van der Waals surface area contributed by atoms with Gasteiger partial charge in [0.25, 0.3) is 6.43 Å². The van der Waals surface area contributed by atoms with Gasteiger partial charge in [-0.05, 0) is 19.1 Å². The van der Waals surface area contributed by atoms with E-state index in [1.54, 1.807) is 0 Å². The van der Waals surface area contributed by atoms with E-state index in [0.717, 1.165) is 12.1 Å². The summed E-state index contributed by atoms with van der Waals surface area (Å²) in [5.41, 5.74) is 0.344. The van der Waals surface area contributed by atoms with Gasteiger partial charge in [0.1, 0.15) is 5.75 Å². The maximum Gasteiger partial charge on any atom is 0.252 e. The first-order chi connectivity index (χ1) is 7.33. The van der Waals surface area contributed by atoms with Gasteiger partial charge in [-0.1, -0.05) is 12.1 Å². The van der Waals surface area contributed by atoms with E-state index in [4.69, 9.17) is 0 Å². The van der Waals surface area contributed by atoms with E-state index in [0.29, 0.717) is 5.56 Å². The molecular weight excluding hydrogens is 238 g/mol. The number of Topliss-reactive ketones (excluding diaryl/α,β-unsaturated/α-hetero) is 1. The zero-order chi connectivity index (χ0) is 12.3. The molecule has 6 heteroatoms. The van der Waals surface area contributed by atoms with Gasteiger partial charge in [0, 0.05) is 5.56 Å². The monoisotopic (exact) mass is 248 g/mol. The molecular formula is C10H10F2O3S. The molecule has 0 N–H and O–H groups in total. The molecule has 0 radical (unpaired) electrons. The lowest BCUT2D eigenvalue weighted by Gasteiger charge is -2.04. The van der Waals surface area contributed by atoms with Crippen molar-refractivity contribution in [3.63, 3.8) is 0 Å². The summed E-state index contributed by atoms with van der Waals surface area (Å²) in [7, 11) is -3.96. The van der Waals surface area contributed by atoms with Crippen LogP contribution in [0.3, 0.4) is 0 Å². The van der Waals surface area contributed by atoms with Crippen LogP contribution in [0.5, 0.6) is 0 Å². The van der Waals surface area contributed by atoms with Gasteiger partial charge < -0.3 is 0 Å². The maximum atomic E-state index is 12.0. The zero-order valence-electron chi connectivity index (χ0n) is 8.48. The molecule has 0 atom stereocenters. The van der Waals surface area contributed by atoms with Gasteiger partial charge in [-0.15, -0.1) is 0 Å². The lowest BCUT2D eigenvalue weighted by Crippen LogP contribution is -2.13. The van der Waals surface area contributed by atoms with Gasteiger partial charge in [0.2, 0.25) is 0 Å². The topological polar surface area (TPSA) is 51.2 Å². The van der Waals surface area contributed by atoms with Crippen molar-refractivity contribution in [3.8, 4) is 0 Å². The predicted molar refractivity (Wildman–Crippen MR) is 54.5 cm³/mol. The Kier molecular flexibility index (Phi) is 3.74. The molecule has 1 rings (SSSR count). The third-order valence-corrected chi connectivity index (χ3v) is 3.65. The predicted octanol–water partition coefficient (Wildman–Crippen LogP) is 1.93. The van der Waals surface area contributed by atoms with Crippen LogP contribution >= 0.6 is 0 Å². The molecule has 0 aromatic heterocycles. The molecule has 0 aliphatic rings. The number of carbonyl (C=O) groups is 1. The van der Waals surface area contributed by atoms with Crippen molar-refractivity contribution in [2.45, 2.75) is 18.2 Å². The maximum absolute atomic E-state index is 12.0. The summed E-state index contributed by atoms with van der Waals surface area (Å²) in [4.78, 5) is 10.7. The molecule has 0 fully saturated rings. The van der Waals surface area contributed by atoms with E-state index in [9.17, 15) is 22.0 Å². The highest BCUT2D eigenvalue weighted by Crippen LogP contribution is 2.15.